The Hall–Kier alpha value is -2.89. The fourth-order valence-electron chi connectivity index (χ4n) is 5.41. The van der Waals surface area contributed by atoms with Crippen LogP contribution >= 0.6 is 0 Å². The Balaban J connectivity index is 1.28. The molecule has 2 spiro atoms. The van der Waals surface area contributed by atoms with Gasteiger partial charge in [0.05, 0.1) is 28.9 Å². The van der Waals surface area contributed by atoms with Crippen LogP contribution in [0, 0.1) is 16.7 Å². The Morgan fingerprint density at radius 1 is 1.09 bits per heavy atom. The van der Waals surface area contributed by atoms with Gasteiger partial charge in [-0.3, -0.25) is 9.52 Å². The standard InChI is InChI=1S/C25H27N3O4S/c1-33(30,31)27-20-6-7-22-21(16-20)23(29)24(9-10-24)25(32-22)11-14-28(15-12-25)13-8-18-2-4-19(17-26)5-3-18/h2-7,16,27H,8-15H2,1H3. The smallest absolute Gasteiger partial charge is 0.229 e. The van der Waals surface area contributed by atoms with E-state index in [9.17, 15) is 13.2 Å². The maximum absolute atomic E-state index is 13.5. The van der Waals surface area contributed by atoms with Crippen LogP contribution in [-0.2, 0) is 16.4 Å². The molecular weight excluding hydrogens is 438 g/mol. The molecule has 1 saturated heterocycles. The van der Waals surface area contributed by atoms with Gasteiger partial charge in [0.1, 0.15) is 11.4 Å². The van der Waals surface area contributed by atoms with Crippen molar-refractivity contribution >= 4 is 21.5 Å². The van der Waals surface area contributed by atoms with Gasteiger partial charge in [0.2, 0.25) is 10.0 Å². The van der Waals surface area contributed by atoms with Crippen LogP contribution in [0.15, 0.2) is 42.5 Å². The first-order chi connectivity index (χ1) is 15.7. The first kappa shape index (κ1) is 21.9. The number of sulfonamides is 1. The largest absolute Gasteiger partial charge is 0.485 e. The van der Waals surface area contributed by atoms with E-state index in [4.69, 9.17) is 10.00 Å². The van der Waals surface area contributed by atoms with Gasteiger partial charge in [-0.15, -0.1) is 0 Å². The van der Waals surface area contributed by atoms with Gasteiger partial charge in [0.15, 0.2) is 5.78 Å². The molecule has 2 fully saturated rings. The van der Waals surface area contributed by atoms with Crippen LogP contribution in [0.5, 0.6) is 5.75 Å². The lowest BCUT2D eigenvalue weighted by molar-refractivity contribution is -0.0537. The number of hydrogen-bond acceptors (Lipinski definition) is 6. The molecular formula is C25H27N3O4S. The highest BCUT2D eigenvalue weighted by Gasteiger charge is 2.68. The zero-order valence-corrected chi connectivity index (χ0v) is 19.5. The van der Waals surface area contributed by atoms with Gasteiger partial charge in [-0.2, -0.15) is 5.26 Å². The fraction of sp³-hybridized carbons (Fsp3) is 0.440. The summed E-state index contributed by atoms with van der Waals surface area (Å²) in [6.07, 6.45) is 5.25. The number of nitriles is 1. The summed E-state index contributed by atoms with van der Waals surface area (Å²) in [6.45, 7) is 2.67. The Kier molecular flexibility index (Phi) is 5.22. The predicted octanol–water partition coefficient (Wildman–Crippen LogP) is 3.36. The number of ether oxygens (including phenoxy) is 1. The van der Waals surface area contributed by atoms with Crippen LogP contribution in [0.4, 0.5) is 5.69 Å². The second-order valence-corrected chi connectivity index (χ2v) is 11.2. The van der Waals surface area contributed by atoms with E-state index >= 15 is 0 Å². The third kappa shape index (κ3) is 4.00. The minimum absolute atomic E-state index is 0.0898. The van der Waals surface area contributed by atoms with E-state index in [1.54, 1.807) is 18.2 Å². The van der Waals surface area contributed by atoms with Crippen molar-refractivity contribution < 1.29 is 17.9 Å². The van der Waals surface area contributed by atoms with Crippen molar-refractivity contribution in [2.75, 3.05) is 30.6 Å². The number of fused-ring (bicyclic) bond motifs is 2. The van der Waals surface area contributed by atoms with Crippen molar-refractivity contribution in [1.29, 1.82) is 5.26 Å². The summed E-state index contributed by atoms with van der Waals surface area (Å²) in [4.78, 5) is 16.0. The lowest BCUT2D eigenvalue weighted by Gasteiger charge is -2.49. The number of carbonyl (C=O) groups is 1. The lowest BCUT2D eigenvalue weighted by atomic mass is 9.70. The van der Waals surface area contributed by atoms with Gasteiger partial charge in [-0.25, -0.2) is 8.42 Å². The fourth-order valence-corrected chi connectivity index (χ4v) is 5.96. The van der Waals surface area contributed by atoms with E-state index in [2.05, 4.69) is 15.7 Å². The molecule has 0 aromatic heterocycles. The summed E-state index contributed by atoms with van der Waals surface area (Å²) in [5.74, 6) is 0.648. The van der Waals surface area contributed by atoms with Crippen LogP contribution in [-0.4, -0.2) is 50.6 Å². The Bertz CT molecular complexity index is 1240. The van der Waals surface area contributed by atoms with Crippen molar-refractivity contribution in [2.24, 2.45) is 5.41 Å². The van der Waals surface area contributed by atoms with Crippen molar-refractivity contribution in [3.05, 3.63) is 59.2 Å². The molecule has 0 radical (unpaired) electrons. The van der Waals surface area contributed by atoms with E-state index in [0.29, 0.717) is 22.6 Å². The molecule has 1 saturated carbocycles. The van der Waals surface area contributed by atoms with Crippen LogP contribution in [0.3, 0.4) is 0 Å². The Morgan fingerprint density at radius 2 is 1.79 bits per heavy atom. The number of nitrogens with one attached hydrogen (secondary N) is 1. The van der Waals surface area contributed by atoms with Crippen LogP contribution in [0.1, 0.15) is 47.2 Å². The first-order valence-electron chi connectivity index (χ1n) is 11.3. The van der Waals surface area contributed by atoms with Gasteiger partial charge >= 0.3 is 0 Å². The zero-order valence-electron chi connectivity index (χ0n) is 18.6. The maximum atomic E-state index is 13.5. The van der Waals surface area contributed by atoms with Gasteiger partial charge < -0.3 is 9.64 Å². The monoisotopic (exact) mass is 465 g/mol. The molecule has 0 unspecified atom stereocenters. The predicted molar refractivity (Wildman–Crippen MR) is 125 cm³/mol. The number of nitrogens with zero attached hydrogens (tertiary/aromatic N) is 2. The molecule has 1 aliphatic carbocycles. The first-order valence-corrected chi connectivity index (χ1v) is 13.2. The van der Waals surface area contributed by atoms with Crippen molar-refractivity contribution in [3.63, 3.8) is 0 Å². The van der Waals surface area contributed by atoms with Gasteiger partial charge in [0.25, 0.3) is 0 Å². The SMILES string of the molecule is CS(=O)(=O)Nc1ccc2c(c1)C(=O)C1(CC1)C1(CCN(CCc3ccc(C#N)cc3)CC1)O2. The van der Waals surface area contributed by atoms with E-state index in [1.807, 2.05) is 24.3 Å². The van der Waals surface area contributed by atoms with Gasteiger partial charge in [-0.05, 0) is 55.2 Å². The average molecular weight is 466 g/mol. The third-order valence-corrected chi connectivity index (χ3v) is 7.96. The second-order valence-electron chi connectivity index (χ2n) is 9.49. The zero-order chi connectivity index (χ0) is 23.3. The number of piperidine rings is 1. The summed E-state index contributed by atoms with van der Waals surface area (Å²) in [6, 6.07) is 14.9. The molecule has 1 N–H and O–H groups in total. The molecule has 5 rings (SSSR count). The molecule has 7 nitrogen and oxygen atoms in total. The highest BCUT2D eigenvalue weighted by atomic mass is 32.2. The normalized spacial score (nSPS) is 20.7. The summed E-state index contributed by atoms with van der Waals surface area (Å²) < 4.78 is 32.2. The lowest BCUT2D eigenvalue weighted by Crippen LogP contribution is -2.58. The molecule has 33 heavy (non-hydrogen) atoms. The van der Waals surface area contributed by atoms with E-state index in [-0.39, 0.29) is 5.78 Å². The summed E-state index contributed by atoms with van der Waals surface area (Å²) in [7, 11) is -3.42. The van der Waals surface area contributed by atoms with E-state index < -0.39 is 21.0 Å². The van der Waals surface area contributed by atoms with Crippen molar-refractivity contribution in [1.82, 2.24) is 4.90 Å². The van der Waals surface area contributed by atoms with E-state index in [0.717, 1.165) is 58.0 Å². The Labute approximate surface area is 194 Å². The number of rotatable bonds is 5. The van der Waals surface area contributed by atoms with Crippen molar-refractivity contribution in [3.8, 4) is 11.8 Å². The quantitative estimate of drug-likeness (QED) is 0.727. The molecule has 0 amide bonds. The number of benzene rings is 2. The second kappa shape index (κ2) is 7.86. The molecule has 172 valence electrons. The van der Waals surface area contributed by atoms with Crippen LogP contribution < -0.4 is 9.46 Å². The maximum Gasteiger partial charge on any atom is 0.229 e. The van der Waals surface area contributed by atoms with Crippen LogP contribution in [0.25, 0.3) is 0 Å². The number of Topliss-reactive ketones (excluding diaryl/α,β-unsaturated/α-hetero) is 1. The molecule has 2 heterocycles. The molecule has 3 aliphatic rings. The summed E-state index contributed by atoms with van der Waals surface area (Å²) in [5.41, 5.74) is 1.79. The summed E-state index contributed by atoms with van der Waals surface area (Å²) >= 11 is 0. The van der Waals surface area contributed by atoms with Gasteiger partial charge in [0, 0.05) is 38.2 Å². The molecule has 0 bridgehead atoms. The van der Waals surface area contributed by atoms with Crippen LogP contribution in [0.2, 0.25) is 0 Å². The number of carbonyl (C=O) groups excluding carboxylic acids is 1. The molecule has 2 aliphatic heterocycles. The molecule has 2 aromatic carbocycles. The van der Waals surface area contributed by atoms with Crippen molar-refractivity contribution in [2.45, 2.75) is 37.7 Å². The molecule has 2 aromatic rings. The number of anilines is 1. The third-order valence-electron chi connectivity index (χ3n) is 7.35. The Morgan fingerprint density at radius 3 is 2.39 bits per heavy atom. The number of hydrogen-bond donors (Lipinski definition) is 1. The summed E-state index contributed by atoms with van der Waals surface area (Å²) in [5, 5.41) is 8.95. The number of ketones is 1. The number of likely N-dealkylation sites (tertiary alicyclic amines) is 1. The van der Waals surface area contributed by atoms with Gasteiger partial charge in [-0.1, -0.05) is 12.1 Å². The minimum atomic E-state index is -3.42. The highest BCUT2D eigenvalue weighted by Crippen LogP contribution is 2.63. The molecule has 8 heteroatoms. The minimum Gasteiger partial charge on any atom is -0.485 e. The average Bonchev–Trinajstić information content (AvgIpc) is 3.60. The molecule has 0 atom stereocenters. The topological polar surface area (TPSA) is 99.5 Å². The van der Waals surface area contributed by atoms with E-state index in [1.165, 1.54) is 5.56 Å². The highest BCUT2D eigenvalue weighted by molar-refractivity contribution is 7.92.